The van der Waals surface area contributed by atoms with Gasteiger partial charge in [0, 0.05) is 91.0 Å². The summed E-state index contributed by atoms with van der Waals surface area (Å²) in [6, 6.07) is 20.8. The molecule has 1 aliphatic rings. The van der Waals surface area contributed by atoms with Crippen LogP contribution in [0.15, 0.2) is 84.9 Å². The molecule has 0 aliphatic carbocycles. The number of aromatic hydroxyl groups is 2. The van der Waals surface area contributed by atoms with Crippen LogP contribution in [-0.4, -0.2) is 81.3 Å². The summed E-state index contributed by atoms with van der Waals surface area (Å²) in [6.45, 7) is 6.52. The average Bonchev–Trinajstić information content (AvgIpc) is 3.30. The molecule has 0 spiro atoms. The van der Waals surface area contributed by atoms with Crippen molar-refractivity contribution in [1.29, 1.82) is 0 Å². The van der Waals surface area contributed by atoms with E-state index in [0.717, 1.165) is 11.1 Å². The summed E-state index contributed by atoms with van der Waals surface area (Å²) in [4.78, 5) is 110. The van der Waals surface area contributed by atoms with Gasteiger partial charge in [-0.1, -0.05) is 87.3 Å². The Morgan fingerprint density at radius 3 is 2.03 bits per heavy atom. The highest BCUT2D eigenvalue weighted by Crippen LogP contribution is 2.40. The van der Waals surface area contributed by atoms with Gasteiger partial charge in [0.25, 0.3) is 0 Å². The highest BCUT2D eigenvalue weighted by Gasteiger charge is 2.36. The highest BCUT2D eigenvalue weighted by atomic mass is 35.5. The number of carbonyl (C=O) groups excluding carboxylic acids is 8. The number of likely N-dealkylation sites (N-methyl/N-ethyl adjacent to an activating group) is 1. The fourth-order valence-corrected chi connectivity index (χ4v) is 8.67. The van der Waals surface area contributed by atoms with Crippen molar-refractivity contribution in [3.05, 3.63) is 107 Å². The monoisotopic (exact) mass is 947 g/mol. The number of phenols is 2. The van der Waals surface area contributed by atoms with Crippen LogP contribution in [0.1, 0.15) is 113 Å². The lowest BCUT2D eigenvalue weighted by molar-refractivity contribution is -0.142. The van der Waals surface area contributed by atoms with Gasteiger partial charge in [-0.2, -0.15) is 0 Å². The van der Waals surface area contributed by atoms with E-state index in [4.69, 9.17) is 17.3 Å². The molecule has 360 valence electrons. The second-order valence-corrected chi connectivity index (χ2v) is 18.7. The Morgan fingerprint density at radius 1 is 0.779 bits per heavy atom. The number of nitrogens with two attached hydrogens (primary N) is 1. The van der Waals surface area contributed by atoms with Gasteiger partial charge in [-0.15, -0.1) is 0 Å². The van der Waals surface area contributed by atoms with Gasteiger partial charge in [0.15, 0.2) is 17.3 Å². The Kier molecular flexibility index (Phi) is 18.7. The number of unbranched alkanes of at least 4 members (excludes halogenated alkanes) is 1. The van der Waals surface area contributed by atoms with Gasteiger partial charge in [0.1, 0.15) is 34.9 Å². The second kappa shape index (κ2) is 24.1. The van der Waals surface area contributed by atoms with Gasteiger partial charge in [0.2, 0.25) is 11.8 Å². The first-order valence-corrected chi connectivity index (χ1v) is 23.6. The highest BCUT2D eigenvalue weighted by molar-refractivity contribution is 6.30. The molecule has 0 unspecified atom stereocenters. The molecule has 4 aromatic carbocycles. The van der Waals surface area contributed by atoms with Crippen LogP contribution in [0.25, 0.3) is 22.3 Å². The largest absolute Gasteiger partial charge is 0.507 e. The maximum atomic E-state index is 14.7. The molecule has 4 bridgehead atoms. The topological polar surface area (TPSA) is 218 Å². The normalized spacial score (nSPS) is 17.5. The molecule has 0 saturated carbocycles. The molecule has 1 heterocycles. The van der Waals surface area contributed by atoms with Crippen molar-refractivity contribution in [3.8, 4) is 33.8 Å². The average molecular weight is 949 g/mol. The molecular formula is C54H62ClN3O10. The van der Waals surface area contributed by atoms with Gasteiger partial charge in [-0.25, -0.2) is 0 Å². The Labute approximate surface area is 402 Å². The molecule has 0 aromatic heterocycles. The van der Waals surface area contributed by atoms with Crippen LogP contribution < -0.4 is 11.1 Å². The third kappa shape index (κ3) is 13.9. The SMILES string of the molecule is CC(=O)[C@H](C)CC(=O)CCC(=O)[C@H](C)CC(=O)[C@@H]1Cc2ccc(O)c(c2)-c2cc(ccc2O)[C@H](N(C)C(=O)[C@H](CCCCN)CC(=O)c2ccc(-c3ccc(Cl)cc3)cc2)C(=O)C[C@@H](C)C(=O)N1. The maximum Gasteiger partial charge on any atom is 0.226 e. The fourth-order valence-electron chi connectivity index (χ4n) is 8.54. The van der Waals surface area contributed by atoms with E-state index in [0.29, 0.717) is 47.5 Å². The van der Waals surface area contributed by atoms with Gasteiger partial charge >= 0.3 is 0 Å². The second-order valence-electron chi connectivity index (χ2n) is 18.3. The van der Waals surface area contributed by atoms with E-state index in [-0.39, 0.29) is 90.7 Å². The first kappa shape index (κ1) is 52.7. The summed E-state index contributed by atoms with van der Waals surface area (Å²) in [7, 11) is 1.46. The summed E-state index contributed by atoms with van der Waals surface area (Å²) in [5.41, 5.74) is 9.10. The van der Waals surface area contributed by atoms with Crippen molar-refractivity contribution < 1.29 is 48.6 Å². The summed E-state index contributed by atoms with van der Waals surface area (Å²) >= 11 is 6.06. The van der Waals surface area contributed by atoms with Crippen molar-refractivity contribution in [2.45, 2.75) is 104 Å². The molecule has 6 atom stereocenters. The Bertz CT molecular complexity index is 2520. The van der Waals surface area contributed by atoms with Gasteiger partial charge < -0.3 is 26.2 Å². The van der Waals surface area contributed by atoms with Crippen LogP contribution in [0.3, 0.4) is 0 Å². The van der Waals surface area contributed by atoms with Crippen LogP contribution in [0, 0.1) is 23.7 Å². The third-order valence-corrected chi connectivity index (χ3v) is 13.2. The third-order valence-electron chi connectivity index (χ3n) is 12.9. The smallest absolute Gasteiger partial charge is 0.226 e. The zero-order valence-electron chi connectivity index (χ0n) is 39.4. The quantitative estimate of drug-likeness (QED) is 0.0487. The number of nitrogens with one attached hydrogen (secondary N) is 1. The predicted octanol–water partition coefficient (Wildman–Crippen LogP) is 8.37. The Morgan fingerprint density at radius 2 is 1.40 bits per heavy atom. The minimum absolute atomic E-state index is 0.0222. The number of carbonyl (C=O) groups is 8. The van der Waals surface area contributed by atoms with E-state index in [1.165, 1.54) is 50.1 Å². The molecule has 0 fully saturated rings. The Balaban J connectivity index is 1.43. The lowest BCUT2D eigenvalue weighted by Crippen LogP contribution is -2.46. The number of amides is 2. The Hall–Kier alpha value is -6.31. The first-order chi connectivity index (χ1) is 32.3. The van der Waals surface area contributed by atoms with Crippen LogP contribution in [0.5, 0.6) is 11.5 Å². The van der Waals surface area contributed by atoms with E-state index in [9.17, 15) is 48.6 Å². The first-order valence-electron chi connectivity index (χ1n) is 23.2. The number of nitrogens with zero attached hydrogens (tertiary/aromatic N) is 1. The van der Waals surface area contributed by atoms with Crippen LogP contribution in [0.4, 0.5) is 0 Å². The van der Waals surface area contributed by atoms with Crippen LogP contribution >= 0.6 is 11.6 Å². The number of fused-ring (bicyclic) bond motifs is 5. The summed E-state index contributed by atoms with van der Waals surface area (Å²) in [5.74, 6) is -6.66. The zero-order valence-corrected chi connectivity index (χ0v) is 40.1. The molecule has 13 nitrogen and oxygen atoms in total. The van der Waals surface area contributed by atoms with Gasteiger partial charge in [-0.05, 0) is 91.4 Å². The van der Waals surface area contributed by atoms with E-state index in [1.807, 2.05) is 24.3 Å². The lowest BCUT2D eigenvalue weighted by Gasteiger charge is -2.32. The molecule has 0 radical (unpaired) electrons. The summed E-state index contributed by atoms with van der Waals surface area (Å²) in [5, 5.41) is 25.8. The predicted molar refractivity (Wildman–Crippen MR) is 260 cm³/mol. The molecule has 0 saturated heterocycles. The van der Waals surface area contributed by atoms with Gasteiger partial charge in [0.05, 0.1) is 6.04 Å². The number of phenolic OH excluding ortho intramolecular Hbond substituents is 2. The molecule has 1 aliphatic heterocycles. The molecule has 5 N–H and O–H groups in total. The zero-order chi connectivity index (χ0) is 49.8. The van der Waals surface area contributed by atoms with Crippen molar-refractivity contribution in [1.82, 2.24) is 10.2 Å². The number of benzene rings is 4. The van der Waals surface area contributed by atoms with E-state index < -0.39 is 59.1 Å². The minimum atomic E-state index is -1.31. The molecular weight excluding hydrogens is 886 g/mol. The van der Waals surface area contributed by atoms with E-state index in [2.05, 4.69) is 5.32 Å². The van der Waals surface area contributed by atoms with Crippen molar-refractivity contribution in [3.63, 3.8) is 0 Å². The van der Waals surface area contributed by atoms with Crippen molar-refractivity contribution >= 4 is 58.1 Å². The maximum absolute atomic E-state index is 14.7. The summed E-state index contributed by atoms with van der Waals surface area (Å²) in [6.07, 6.45) is 0.422. The van der Waals surface area contributed by atoms with E-state index in [1.54, 1.807) is 50.2 Å². The fraction of sp³-hybridized carbons (Fsp3) is 0.407. The van der Waals surface area contributed by atoms with Crippen LogP contribution in [-0.2, 0) is 40.0 Å². The van der Waals surface area contributed by atoms with Crippen molar-refractivity contribution in [2.75, 3.05) is 13.6 Å². The summed E-state index contributed by atoms with van der Waals surface area (Å²) < 4.78 is 0. The minimum Gasteiger partial charge on any atom is -0.507 e. The number of halogens is 1. The number of rotatable bonds is 20. The molecule has 5 rings (SSSR count). The van der Waals surface area contributed by atoms with Crippen LogP contribution in [0.2, 0.25) is 5.02 Å². The molecule has 68 heavy (non-hydrogen) atoms. The number of Topliss-reactive ketones (excluding diaryl/α,β-unsaturated/α-hetero) is 6. The standard InChI is InChI=1S/C54H62ClN3O10/c1-31(34(4)59)24-42(60)19-22-46(61)32(2)25-50(65)45-28-35-9-20-47(62)43(27-35)44-29-39(16-21-48(44)63)52(51(66)26-33(3)53(67)57-45)58(5)54(68)40(8-6-7-23-56)30-49(64)38-12-10-36(11-13-38)37-14-17-41(55)18-15-37/h9-18,20-21,27,29,31-33,40,45,52,62-63H,6-8,19,22-26,28,30,56H2,1-5H3,(H,57,67)/t31-,32-,33-,40-,45+,52+/m1/s1. The molecule has 2 amide bonds. The van der Waals surface area contributed by atoms with Crippen molar-refractivity contribution in [2.24, 2.45) is 29.4 Å². The molecule has 4 aromatic rings. The number of ketones is 6. The number of hydrogen-bond acceptors (Lipinski definition) is 11. The van der Waals surface area contributed by atoms with Gasteiger partial charge in [-0.3, -0.25) is 38.4 Å². The molecule has 14 heteroatoms. The van der Waals surface area contributed by atoms with E-state index >= 15 is 0 Å². The lowest BCUT2D eigenvalue weighted by atomic mass is 9.87. The number of hydrogen-bond donors (Lipinski definition) is 4.